The Morgan fingerprint density at radius 3 is 2.81 bits per heavy atom. The van der Waals surface area contributed by atoms with Crippen LogP contribution in [0.3, 0.4) is 0 Å². The molecular weight excluding hydrogens is 347 g/mol. The lowest BCUT2D eigenvalue weighted by atomic mass is 10.1. The fraction of sp³-hybridized carbons (Fsp3) is 0.476. The van der Waals surface area contributed by atoms with Crippen LogP contribution in [0.25, 0.3) is 0 Å². The molecule has 6 heteroatoms. The van der Waals surface area contributed by atoms with Gasteiger partial charge >= 0.3 is 0 Å². The summed E-state index contributed by atoms with van der Waals surface area (Å²) in [4.78, 5) is 14.7. The van der Waals surface area contributed by atoms with Crippen molar-refractivity contribution in [3.8, 4) is 0 Å². The summed E-state index contributed by atoms with van der Waals surface area (Å²) in [6.45, 7) is 8.82. The Labute approximate surface area is 159 Å². The molecule has 1 aliphatic heterocycles. The number of morpholine rings is 1. The molecule has 0 radical (unpaired) electrons. The second-order valence-corrected chi connectivity index (χ2v) is 7.20. The highest BCUT2D eigenvalue weighted by Crippen LogP contribution is 2.19. The number of hydrogen-bond donors (Lipinski definition) is 1. The smallest absolute Gasteiger partial charge is 0.221 e. The highest BCUT2D eigenvalue weighted by atomic mass is 19.1. The normalized spacial score (nSPS) is 17.9. The van der Waals surface area contributed by atoms with Crippen LogP contribution in [0.1, 0.15) is 34.6 Å². The van der Waals surface area contributed by atoms with E-state index in [9.17, 15) is 9.18 Å². The largest absolute Gasteiger partial charge is 0.465 e. The quantitative estimate of drug-likeness (QED) is 0.843. The zero-order valence-corrected chi connectivity index (χ0v) is 16.2. The van der Waals surface area contributed by atoms with Crippen LogP contribution in [-0.2, 0) is 22.6 Å². The summed E-state index contributed by atoms with van der Waals surface area (Å²) in [6.07, 6.45) is 0.340. The number of halogens is 1. The van der Waals surface area contributed by atoms with Gasteiger partial charge in [-0.3, -0.25) is 9.69 Å². The van der Waals surface area contributed by atoms with E-state index < -0.39 is 0 Å². The second kappa shape index (κ2) is 8.67. The van der Waals surface area contributed by atoms with Crippen molar-refractivity contribution in [2.24, 2.45) is 0 Å². The van der Waals surface area contributed by atoms with Gasteiger partial charge in [0.2, 0.25) is 5.91 Å². The van der Waals surface area contributed by atoms with Gasteiger partial charge in [-0.25, -0.2) is 4.39 Å². The molecule has 0 bridgehead atoms. The van der Waals surface area contributed by atoms with Gasteiger partial charge < -0.3 is 14.5 Å². The van der Waals surface area contributed by atoms with Gasteiger partial charge in [0, 0.05) is 25.6 Å². The lowest BCUT2D eigenvalue weighted by Gasteiger charge is -2.34. The molecule has 2 heterocycles. The molecule has 0 unspecified atom stereocenters. The molecule has 1 atom stereocenters. The standard InChI is InChI=1S/C21H27FN2O3/c1-14-4-5-18(22)9-17(14)11-23-21(25)10-19-13-26-7-6-24(19)12-20-8-15(2)16(3)27-20/h4-5,8-9,19H,6-7,10-13H2,1-3H3,(H,23,25)/t19-/m1/s1. The average molecular weight is 374 g/mol. The van der Waals surface area contributed by atoms with E-state index in [2.05, 4.69) is 16.3 Å². The molecule has 0 spiro atoms. The first kappa shape index (κ1) is 19.6. The van der Waals surface area contributed by atoms with Crippen molar-refractivity contribution in [2.75, 3.05) is 19.8 Å². The van der Waals surface area contributed by atoms with Gasteiger partial charge in [-0.15, -0.1) is 0 Å². The SMILES string of the molecule is Cc1ccc(F)cc1CNC(=O)C[C@@H]1COCCN1Cc1cc(C)c(C)o1. The first-order valence-corrected chi connectivity index (χ1v) is 9.32. The summed E-state index contributed by atoms with van der Waals surface area (Å²) in [5, 5.41) is 2.90. The van der Waals surface area contributed by atoms with Crippen LogP contribution >= 0.6 is 0 Å². The Morgan fingerprint density at radius 2 is 2.07 bits per heavy atom. The zero-order valence-electron chi connectivity index (χ0n) is 16.2. The number of hydrogen-bond acceptors (Lipinski definition) is 4. The number of nitrogens with one attached hydrogen (secondary N) is 1. The van der Waals surface area contributed by atoms with Crippen LogP contribution < -0.4 is 5.32 Å². The molecular formula is C21H27FN2O3. The van der Waals surface area contributed by atoms with Crippen molar-refractivity contribution in [1.29, 1.82) is 0 Å². The summed E-state index contributed by atoms with van der Waals surface area (Å²) in [7, 11) is 0. The van der Waals surface area contributed by atoms with E-state index in [1.165, 1.54) is 12.1 Å². The first-order chi connectivity index (χ1) is 12.9. The first-order valence-electron chi connectivity index (χ1n) is 9.32. The summed E-state index contributed by atoms with van der Waals surface area (Å²) in [5.41, 5.74) is 2.89. The van der Waals surface area contributed by atoms with Crippen molar-refractivity contribution in [2.45, 2.75) is 46.3 Å². The molecule has 146 valence electrons. The Hall–Kier alpha value is -2.18. The molecule has 1 aromatic heterocycles. The average Bonchev–Trinajstić information content (AvgIpc) is 2.95. The molecule has 1 aromatic carbocycles. The molecule has 5 nitrogen and oxygen atoms in total. The maximum Gasteiger partial charge on any atom is 0.221 e. The Kier molecular flexibility index (Phi) is 6.29. The minimum absolute atomic E-state index is 0.00179. The summed E-state index contributed by atoms with van der Waals surface area (Å²) < 4.78 is 24.7. The van der Waals surface area contributed by atoms with Gasteiger partial charge in [0.25, 0.3) is 0 Å². The van der Waals surface area contributed by atoms with Crippen molar-refractivity contribution >= 4 is 5.91 Å². The molecule has 0 aliphatic carbocycles. The highest BCUT2D eigenvalue weighted by Gasteiger charge is 2.26. The van der Waals surface area contributed by atoms with E-state index in [0.29, 0.717) is 32.7 Å². The van der Waals surface area contributed by atoms with E-state index >= 15 is 0 Å². The van der Waals surface area contributed by atoms with Crippen molar-refractivity contribution in [3.63, 3.8) is 0 Å². The molecule has 1 aliphatic rings. The van der Waals surface area contributed by atoms with E-state index in [4.69, 9.17) is 9.15 Å². The molecule has 1 saturated heterocycles. The number of furan rings is 1. The van der Waals surface area contributed by atoms with Crippen molar-refractivity contribution in [3.05, 3.63) is 58.3 Å². The van der Waals surface area contributed by atoms with Crippen molar-refractivity contribution in [1.82, 2.24) is 10.2 Å². The molecule has 1 N–H and O–H groups in total. The lowest BCUT2D eigenvalue weighted by Crippen LogP contribution is -2.47. The third kappa shape index (κ3) is 5.17. The van der Waals surface area contributed by atoms with Crippen LogP contribution in [0.15, 0.2) is 28.7 Å². The van der Waals surface area contributed by atoms with Gasteiger partial charge in [-0.1, -0.05) is 6.07 Å². The second-order valence-electron chi connectivity index (χ2n) is 7.20. The lowest BCUT2D eigenvalue weighted by molar-refractivity contribution is -0.124. The summed E-state index contributed by atoms with van der Waals surface area (Å²) in [6, 6.07) is 6.66. The fourth-order valence-corrected chi connectivity index (χ4v) is 3.32. The summed E-state index contributed by atoms with van der Waals surface area (Å²) in [5.74, 6) is 1.48. The van der Waals surface area contributed by atoms with Crippen LogP contribution in [0.4, 0.5) is 4.39 Å². The van der Waals surface area contributed by atoms with Gasteiger partial charge in [0.1, 0.15) is 17.3 Å². The summed E-state index contributed by atoms with van der Waals surface area (Å²) >= 11 is 0. The number of aryl methyl sites for hydroxylation is 3. The van der Waals surface area contributed by atoms with Crippen LogP contribution in [-0.4, -0.2) is 36.6 Å². The van der Waals surface area contributed by atoms with E-state index in [-0.39, 0.29) is 17.8 Å². The number of carbonyl (C=O) groups excluding carboxylic acids is 1. The third-order valence-electron chi connectivity index (χ3n) is 5.13. The van der Waals surface area contributed by atoms with Crippen LogP contribution in [0.2, 0.25) is 0 Å². The predicted molar refractivity (Wildman–Crippen MR) is 101 cm³/mol. The number of rotatable bonds is 6. The maximum absolute atomic E-state index is 13.4. The minimum Gasteiger partial charge on any atom is -0.465 e. The molecule has 3 rings (SSSR count). The van der Waals surface area contributed by atoms with Gasteiger partial charge in [0.05, 0.1) is 19.8 Å². The highest BCUT2D eigenvalue weighted by molar-refractivity contribution is 5.76. The Balaban J connectivity index is 1.56. The van der Waals surface area contributed by atoms with E-state index in [1.54, 1.807) is 6.07 Å². The molecule has 27 heavy (non-hydrogen) atoms. The molecule has 0 saturated carbocycles. The molecule has 2 aromatic rings. The van der Waals surface area contributed by atoms with Gasteiger partial charge in [-0.2, -0.15) is 0 Å². The van der Waals surface area contributed by atoms with Gasteiger partial charge in [0.15, 0.2) is 0 Å². The maximum atomic E-state index is 13.4. The van der Waals surface area contributed by atoms with Crippen molar-refractivity contribution < 1.29 is 18.3 Å². The van der Waals surface area contributed by atoms with Crippen LogP contribution in [0, 0.1) is 26.6 Å². The number of amides is 1. The Morgan fingerprint density at radius 1 is 1.26 bits per heavy atom. The van der Waals surface area contributed by atoms with E-state index in [0.717, 1.165) is 34.8 Å². The van der Waals surface area contributed by atoms with Gasteiger partial charge in [-0.05, 0) is 55.7 Å². The topological polar surface area (TPSA) is 54.7 Å². The predicted octanol–water partition coefficient (Wildman–Crippen LogP) is 3.25. The fourth-order valence-electron chi connectivity index (χ4n) is 3.32. The number of ether oxygens (including phenoxy) is 1. The minimum atomic E-state index is -0.291. The number of benzene rings is 1. The zero-order chi connectivity index (χ0) is 19.4. The number of nitrogens with zero attached hydrogens (tertiary/aromatic N) is 1. The van der Waals surface area contributed by atoms with E-state index in [1.807, 2.05) is 20.8 Å². The molecule has 1 fully saturated rings. The van der Waals surface area contributed by atoms with Crippen LogP contribution in [0.5, 0.6) is 0 Å². The number of carbonyl (C=O) groups is 1. The monoisotopic (exact) mass is 374 g/mol. The molecule has 1 amide bonds. The third-order valence-corrected chi connectivity index (χ3v) is 5.13. The Bertz CT molecular complexity index is 783.